The molecule has 2 nitrogen and oxygen atoms in total. The van der Waals surface area contributed by atoms with Crippen molar-refractivity contribution in [3.63, 3.8) is 0 Å². The van der Waals surface area contributed by atoms with E-state index >= 15 is 0 Å². The molecule has 2 atom stereocenters. The highest BCUT2D eigenvalue weighted by molar-refractivity contribution is 7.99. The second-order valence-electron chi connectivity index (χ2n) is 3.71. The Morgan fingerprint density at radius 1 is 1.35 bits per heavy atom. The van der Waals surface area contributed by atoms with E-state index in [0.717, 1.165) is 16.3 Å². The molecule has 96 valence electrons. The van der Waals surface area contributed by atoms with E-state index in [1.54, 1.807) is 11.8 Å². The Morgan fingerprint density at radius 3 is 2.65 bits per heavy atom. The van der Waals surface area contributed by atoms with Crippen LogP contribution < -0.4 is 0 Å². The third-order valence-corrected chi connectivity index (χ3v) is 4.08. The maximum absolute atomic E-state index is 10.0. The normalized spacial score (nSPS) is 14.6. The molecule has 0 saturated heterocycles. The first-order valence-electron chi connectivity index (χ1n) is 5.86. The molecule has 1 rings (SSSR count). The number of ether oxygens (including phenoxy) is 1. The summed E-state index contributed by atoms with van der Waals surface area (Å²) in [5.74, 6) is 0.599. The topological polar surface area (TPSA) is 29.5 Å². The van der Waals surface area contributed by atoms with Crippen molar-refractivity contribution in [1.82, 2.24) is 0 Å². The van der Waals surface area contributed by atoms with Crippen molar-refractivity contribution in [3.05, 3.63) is 29.3 Å². The highest BCUT2D eigenvalue weighted by Gasteiger charge is 2.17. The van der Waals surface area contributed by atoms with Crippen molar-refractivity contribution in [3.8, 4) is 0 Å². The minimum Gasteiger partial charge on any atom is -0.390 e. The van der Waals surface area contributed by atoms with E-state index in [-0.39, 0.29) is 6.10 Å². The van der Waals surface area contributed by atoms with Crippen LogP contribution >= 0.6 is 23.4 Å². The van der Waals surface area contributed by atoms with Gasteiger partial charge in [0.2, 0.25) is 0 Å². The van der Waals surface area contributed by atoms with E-state index in [0.29, 0.717) is 12.4 Å². The van der Waals surface area contributed by atoms with Crippen LogP contribution in [0.25, 0.3) is 0 Å². The number of rotatable bonds is 7. The number of aliphatic hydroxyl groups is 1. The molecular formula is C13H19ClO2S. The standard InChI is InChI=1S/C13H19ClO2S/c1-3-12(16-4-2)11(15)9-17-13-8-6-5-7-10(13)14/h5-8,11-12,15H,3-4,9H2,1-2H3. The fourth-order valence-corrected chi connectivity index (χ4v) is 2.80. The van der Waals surface area contributed by atoms with Gasteiger partial charge in [0, 0.05) is 17.3 Å². The van der Waals surface area contributed by atoms with Crippen molar-refractivity contribution < 1.29 is 9.84 Å². The van der Waals surface area contributed by atoms with Crippen LogP contribution in [0.3, 0.4) is 0 Å². The molecule has 0 heterocycles. The van der Waals surface area contributed by atoms with Gasteiger partial charge in [0.25, 0.3) is 0 Å². The summed E-state index contributed by atoms with van der Waals surface area (Å²) >= 11 is 7.61. The number of hydrogen-bond donors (Lipinski definition) is 1. The average molecular weight is 275 g/mol. The fraction of sp³-hybridized carbons (Fsp3) is 0.538. The van der Waals surface area contributed by atoms with Gasteiger partial charge in [-0.3, -0.25) is 0 Å². The van der Waals surface area contributed by atoms with Crippen molar-refractivity contribution >= 4 is 23.4 Å². The summed E-state index contributed by atoms with van der Waals surface area (Å²) in [6.45, 7) is 4.59. The predicted octanol–water partition coefficient (Wildman–Crippen LogP) is 3.61. The highest BCUT2D eigenvalue weighted by Crippen LogP contribution is 2.27. The first-order valence-corrected chi connectivity index (χ1v) is 7.22. The molecule has 2 unspecified atom stereocenters. The molecule has 0 spiro atoms. The van der Waals surface area contributed by atoms with E-state index < -0.39 is 6.10 Å². The molecular weight excluding hydrogens is 256 g/mol. The molecule has 4 heteroatoms. The molecule has 0 radical (unpaired) electrons. The quantitative estimate of drug-likeness (QED) is 0.771. The Hall–Kier alpha value is -0.220. The van der Waals surface area contributed by atoms with E-state index in [1.807, 2.05) is 38.1 Å². The second kappa shape index (κ2) is 7.98. The molecule has 17 heavy (non-hydrogen) atoms. The molecule has 0 aliphatic rings. The summed E-state index contributed by atoms with van der Waals surface area (Å²) in [4.78, 5) is 1.000. The maximum Gasteiger partial charge on any atom is 0.0895 e. The smallest absolute Gasteiger partial charge is 0.0895 e. The second-order valence-corrected chi connectivity index (χ2v) is 5.18. The van der Waals surface area contributed by atoms with E-state index in [9.17, 15) is 5.11 Å². The van der Waals surface area contributed by atoms with Crippen molar-refractivity contribution in [1.29, 1.82) is 0 Å². The van der Waals surface area contributed by atoms with E-state index in [1.165, 1.54) is 0 Å². The van der Waals surface area contributed by atoms with Crippen LogP contribution in [0.5, 0.6) is 0 Å². The Bertz CT molecular complexity index is 333. The maximum atomic E-state index is 10.0. The van der Waals surface area contributed by atoms with Gasteiger partial charge >= 0.3 is 0 Å². The number of benzene rings is 1. The minimum atomic E-state index is -0.457. The highest BCUT2D eigenvalue weighted by atomic mass is 35.5. The minimum absolute atomic E-state index is 0.0880. The Labute approximate surface area is 112 Å². The van der Waals surface area contributed by atoms with Gasteiger partial charge in [-0.05, 0) is 25.5 Å². The SMILES string of the molecule is CCOC(CC)C(O)CSc1ccccc1Cl. The molecule has 1 aromatic rings. The molecule has 1 N–H and O–H groups in total. The van der Waals surface area contributed by atoms with Gasteiger partial charge < -0.3 is 9.84 Å². The first kappa shape index (κ1) is 14.8. The molecule has 0 amide bonds. The van der Waals surface area contributed by atoms with Crippen LogP contribution in [-0.4, -0.2) is 29.7 Å². The molecule has 1 aromatic carbocycles. The zero-order chi connectivity index (χ0) is 12.7. The van der Waals surface area contributed by atoms with Crippen molar-refractivity contribution in [2.75, 3.05) is 12.4 Å². The Kier molecular flexibility index (Phi) is 6.97. The summed E-state index contributed by atoms with van der Waals surface area (Å²) < 4.78 is 5.48. The van der Waals surface area contributed by atoms with Gasteiger partial charge in [0.05, 0.1) is 17.2 Å². The summed E-state index contributed by atoms with van der Waals surface area (Å²) in [5, 5.41) is 10.7. The average Bonchev–Trinajstić information content (AvgIpc) is 2.34. The van der Waals surface area contributed by atoms with E-state index in [2.05, 4.69) is 0 Å². The molecule has 0 aromatic heterocycles. The first-order chi connectivity index (χ1) is 8.19. The zero-order valence-corrected chi connectivity index (χ0v) is 11.8. The number of halogens is 1. The van der Waals surface area contributed by atoms with Crippen molar-refractivity contribution in [2.24, 2.45) is 0 Å². The van der Waals surface area contributed by atoms with Crippen LogP contribution in [0.4, 0.5) is 0 Å². The fourth-order valence-electron chi connectivity index (χ4n) is 1.56. The van der Waals surface area contributed by atoms with Crippen LogP contribution in [-0.2, 0) is 4.74 Å². The molecule has 0 aliphatic carbocycles. The van der Waals surface area contributed by atoms with Crippen molar-refractivity contribution in [2.45, 2.75) is 37.4 Å². The van der Waals surface area contributed by atoms with Crippen LogP contribution in [0.2, 0.25) is 5.02 Å². The lowest BCUT2D eigenvalue weighted by atomic mass is 10.2. The molecule has 0 saturated carbocycles. The lowest BCUT2D eigenvalue weighted by Gasteiger charge is -2.21. The van der Waals surface area contributed by atoms with Gasteiger partial charge in [0.15, 0.2) is 0 Å². The van der Waals surface area contributed by atoms with E-state index in [4.69, 9.17) is 16.3 Å². The van der Waals surface area contributed by atoms with Crippen LogP contribution in [0.1, 0.15) is 20.3 Å². The van der Waals surface area contributed by atoms with Gasteiger partial charge in [-0.1, -0.05) is 30.7 Å². The Morgan fingerprint density at radius 2 is 2.06 bits per heavy atom. The number of hydrogen-bond acceptors (Lipinski definition) is 3. The van der Waals surface area contributed by atoms with Crippen LogP contribution in [0.15, 0.2) is 29.2 Å². The predicted molar refractivity (Wildman–Crippen MR) is 73.9 cm³/mol. The third kappa shape index (κ3) is 4.88. The van der Waals surface area contributed by atoms with Gasteiger partial charge in [-0.25, -0.2) is 0 Å². The third-order valence-electron chi connectivity index (χ3n) is 2.46. The molecule has 0 aliphatic heterocycles. The molecule has 0 bridgehead atoms. The lowest BCUT2D eigenvalue weighted by molar-refractivity contribution is -0.0235. The summed E-state index contributed by atoms with van der Waals surface area (Å²) in [5.41, 5.74) is 0. The van der Waals surface area contributed by atoms with Gasteiger partial charge in [0.1, 0.15) is 0 Å². The summed E-state index contributed by atoms with van der Waals surface area (Å²) in [7, 11) is 0. The molecule has 0 fully saturated rings. The summed E-state index contributed by atoms with van der Waals surface area (Å²) in [6.07, 6.45) is 0.272. The van der Waals surface area contributed by atoms with Crippen LogP contribution in [0, 0.1) is 0 Å². The summed E-state index contributed by atoms with van der Waals surface area (Å²) in [6, 6.07) is 7.66. The number of thioether (sulfide) groups is 1. The zero-order valence-electron chi connectivity index (χ0n) is 10.2. The van der Waals surface area contributed by atoms with Gasteiger partial charge in [-0.15, -0.1) is 11.8 Å². The largest absolute Gasteiger partial charge is 0.390 e. The monoisotopic (exact) mass is 274 g/mol. The van der Waals surface area contributed by atoms with Gasteiger partial charge in [-0.2, -0.15) is 0 Å². The Balaban J connectivity index is 2.47. The number of aliphatic hydroxyl groups excluding tert-OH is 1. The lowest BCUT2D eigenvalue weighted by Crippen LogP contribution is -2.30.